The van der Waals surface area contributed by atoms with Crippen molar-refractivity contribution in [2.45, 2.75) is 19.1 Å². The number of ether oxygens (including phenoxy) is 1. The number of fused-ring (bicyclic) bond motifs is 2. The molecular weight excluding hydrogens is 465 g/mol. The second-order valence-corrected chi connectivity index (χ2v) is 7.90. The Bertz CT molecular complexity index is 1400. The highest BCUT2D eigenvalue weighted by atomic mass is 19.4. The molecule has 1 aliphatic rings. The topological polar surface area (TPSA) is 89.6 Å². The number of hydrogen-bond acceptors (Lipinski definition) is 5. The Kier molecular flexibility index (Phi) is 5.67. The summed E-state index contributed by atoms with van der Waals surface area (Å²) in [7, 11) is 0. The van der Waals surface area contributed by atoms with Crippen molar-refractivity contribution in [1.29, 1.82) is 0 Å². The van der Waals surface area contributed by atoms with Gasteiger partial charge in [-0.2, -0.15) is 13.2 Å². The largest absolute Gasteiger partial charge is 0.491 e. The number of amides is 2. The van der Waals surface area contributed by atoms with Crippen LogP contribution in [-0.4, -0.2) is 34.5 Å². The zero-order chi connectivity index (χ0) is 24.6. The van der Waals surface area contributed by atoms with E-state index in [0.29, 0.717) is 22.7 Å². The van der Waals surface area contributed by atoms with Crippen LogP contribution in [0.2, 0.25) is 0 Å². The third kappa shape index (κ3) is 4.57. The molecule has 0 atom stereocenters. The third-order valence-electron chi connectivity index (χ3n) is 5.55. The van der Waals surface area contributed by atoms with Crippen LogP contribution in [0.25, 0.3) is 11.0 Å². The summed E-state index contributed by atoms with van der Waals surface area (Å²) in [6, 6.07) is 13.4. The van der Waals surface area contributed by atoms with E-state index in [1.807, 2.05) is 0 Å². The lowest BCUT2D eigenvalue weighted by molar-refractivity contribution is -0.137. The van der Waals surface area contributed by atoms with Crippen LogP contribution < -0.4 is 15.0 Å². The number of rotatable bonds is 5. The molecule has 1 N–H and O–H groups in total. The molecule has 2 aromatic carbocycles. The molecule has 0 radical (unpaired) electrons. The number of imidazole rings is 1. The molecule has 0 aliphatic carbocycles. The molecule has 3 heterocycles. The van der Waals surface area contributed by atoms with Crippen LogP contribution in [-0.2, 0) is 22.3 Å². The number of anilines is 2. The summed E-state index contributed by atoms with van der Waals surface area (Å²) in [5, 5.41) is 2.64. The van der Waals surface area contributed by atoms with Gasteiger partial charge in [-0.3, -0.25) is 19.8 Å². The van der Waals surface area contributed by atoms with Crippen LogP contribution in [0.3, 0.4) is 0 Å². The normalized spacial score (nSPS) is 13.9. The minimum atomic E-state index is -4.54. The lowest BCUT2D eigenvalue weighted by atomic mass is 10.2. The monoisotopic (exact) mass is 484 g/mol. The molecule has 1 aliphatic heterocycles. The molecule has 0 bridgehead atoms. The number of alkyl halides is 3. The van der Waals surface area contributed by atoms with Gasteiger partial charge in [0, 0.05) is 0 Å². The summed E-state index contributed by atoms with van der Waals surface area (Å²) in [4.78, 5) is 31.2. The molecule has 8 nitrogen and oxygen atoms in total. The van der Waals surface area contributed by atoms with Gasteiger partial charge in [0.25, 0.3) is 0 Å². The predicted octanol–water partition coefficient (Wildman–Crippen LogP) is 4.45. The maximum Gasteiger partial charge on any atom is 0.416 e. The van der Waals surface area contributed by atoms with Crippen LogP contribution in [0.1, 0.15) is 17.7 Å². The van der Waals surface area contributed by atoms with E-state index in [-0.39, 0.29) is 43.5 Å². The molecule has 0 saturated carbocycles. The van der Waals surface area contributed by atoms with E-state index in [1.54, 1.807) is 41.0 Å². The van der Waals surface area contributed by atoms with E-state index in [2.05, 4.69) is 10.3 Å². The summed E-state index contributed by atoms with van der Waals surface area (Å²) in [6.45, 7) is -0.00475. The van der Waals surface area contributed by atoms with Gasteiger partial charge in [-0.25, -0.2) is 4.98 Å². The van der Waals surface area contributed by atoms with Crippen molar-refractivity contribution in [3.63, 3.8) is 0 Å². The fourth-order valence-corrected chi connectivity index (χ4v) is 3.92. The standard InChI is InChI=1S/C24H19F3N4O4/c25-24(26,27)15-7-8-18-17(12-15)28-23(31(18)13-16-4-3-10-34-16)29-21(32)14-30-19-5-1-2-6-20(19)35-11-9-22(30)33/h1-8,10,12H,9,11,13-14H2,(H,28,29,32). The SMILES string of the molecule is O=C(CN1C(=O)CCOc2ccccc21)Nc1nc2cc(C(F)(F)F)ccc2n1Cc1ccco1. The molecule has 0 spiro atoms. The third-order valence-corrected chi connectivity index (χ3v) is 5.55. The Morgan fingerprint density at radius 2 is 1.94 bits per heavy atom. The quantitative estimate of drug-likeness (QED) is 0.452. The molecule has 4 aromatic rings. The Hall–Kier alpha value is -4.28. The van der Waals surface area contributed by atoms with Crippen LogP contribution in [0, 0.1) is 0 Å². The van der Waals surface area contributed by atoms with Crippen molar-refractivity contribution in [3.05, 3.63) is 72.2 Å². The van der Waals surface area contributed by atoms with E-state index in [9.17, 15) is 22.8 Å². The van der Waals surface area contributed by atoms with E-state index in [4.69, 9.17) is 9.15 Å². The first-order valence-corrected chi connectivity index (χ1v) is 10.7. The van der Waals surface area contributed by atoms with Crippen LogP contribution in [0.5, 0.6) is 5.75 Å². The number of nitrogens with one attached hydrogen (secondary N) is 1. The molecule has 180 valence electrons. The first-order valence-electron chi connectivity index (χ1n) is 10.7. The van der Waals surface area contributed by atoms with E-state index in [1.165, 1.54) is 17.2 Å². The molecule has 11 heteroatoms. The fraction of sp³-hybridized carbons (Fsp3) is 0.208. The van der Waals surface area contributed by atoms with Crippen molar-refractivity contribution in [2.75, 3.05) is 23.4 Å². The number of carbonyl (C=O) groups is 2. The second kappa shape index (κ2) is 8.82. The van der Waals surface area contributed by atoms with Gasteiger partial charge in [0.1, 0.15) is 18.1 Å². The summed E-state index contributed by atoms with van der Waals surface area (Å²) in [5.41, 5.74) is 0.0573. The minimum Gasteiger partial charge on any atom is -0.491 e. The van der Waals surface area contributed by atoms with Gasteiger partial charge in [0.2, 0.25) is 17.8 Å². The van der Waals surface area contributed by atoms with E-state index >= 15 is 0 Å². The Labute approximate surface area is 196 Å². The van der Waals surface area contributed by atoms with Gasteiger partial charge >= 0.3 is 6.18 Å². The zero-order valence-corrected chi connectivity index (χ0v) is 18.2. The Morgan fingerprint density at radius 3 is 2.71 bits per heavy atom. The molecule has 2 amide bonds. The predicted molar refractivity (Wildman–Crippen MR) is 120 cm³/mol. The molecule has 5 rings (SSSR count). The highest BCUT2D eigenvalue weighted by Crippen LogP contribution is 2.33. The smallest absolute Gasteiger partial charge is 0.416 e. The molecule has 0 saturated heterocycles. The van der Waals surface area contributed by atoms with Crippen molar-refractivity contribution >= 4 is 34.5 Å². The van der Waals surface area contributed by atoms with Gasteiger partial charge in [0.05, 0.1) is 48.1 Å². The van der Waals surface area contributed by atoms with Crippen molar-refractivity contribution in [1.82, 2.24) is 9.55 Å². The van der Waals surface area contributed by atoms with Gasteiger partial charge in [-0.05, 0) is 42.5 Å². The maximum atomic E-state index is 13.2. The summed E-state index contributed by atoms with van der Waals surface area (Å²) >= 11 is 0. The number of halogens is 3. The van der Waals surface area contributed by atoms with Crippen LogP contribution in [0.4, 0.5) is 24.8 Å². The molecular formula is C24H19F3N4O4. The number of para-hydroxylation sites is 2. The zero-order valence-electron chi connectivity index (χ0n) is 18.2. The van der Waals surface area contributed by atoms with Gasteiger partial charge in [-0.1, -0.05) is 12.1 Å². The van der Waals surface area contributed by atoms with Crippen molar-refractivity contribution < 1.29 is 31.9 Å². The van der Waals surface area contributed by atoms with E-state index in [0.717, 1.165) is 12.1 Å². The maximum absolute atomic E-state index is 13.2. The van der Waals surface area contributed by atoms with Crippen LogP contribution >= 0.6 is 0 Å². The average molecular weight is 484 g/mol. The van der Waals surface area contributed by atoms with Crippen LogP contribution in [0.15, 0.2) is 65.3 Å². The first kappa shape index (κ1) is 22.5. The summed E-state index contributed by atoms with van der Waals surface area (Å²) in [5.74, 6) is 0.183. The first-order chi connectivity index (χ1) is 16.8. The number of aromatic nitrogens is 2. The highest BCUT2D eigenvalue weighted by Gasteiger charge is 2.31. The summed E-state index contributed by atoms with van der Waals surface area (Å²) in [6.07, 6.45) is -2.97. The highest BCUT2D eigenvalue weighted by molar-refractivity contribution is 6.03. The number of hydrogen-bond donors (Lipinski definition) is 1. The number of furan rings is 1. The lowest BCUT2D eigenvalue weighted by Gasteiger charge is -2.21. The minimum absolute atomic E-state index is 0.0348. The number of benzene rings is 2. The van der Waals surface area contributed by atoms with Crippen molar-refractivity contribution in [3.8, 4) is 5.75 Å². The second-order valence-electron chi connectivity index (χ2n) is 7.90. The van der Waals surface area contributed by atoms with Crippen molar-refractivity contribution in [2.24, 2.45) is 0 Å². The van der Waals surface area contributed by atoms with E-state index < -0.39 is 17.6 Å². The fourth-order valence-electron chi connectivity index (χ4n) is 3.92. The Morgan fingerprint density at radius 1 is 1.11 bits per heavy atom. The van der Waals surface area contributed by atoms with Gasteiger partial charge < -0.3 is 13.7 Å². The molecule has 0 unspecified atom stereocenters. The molecule has 35 heavy (non-hydrogen) atoms. The number of nitrogens with zero attached hydrogens (tertiary/aromatic N) is 3. The Balaban J connectivity index is 1.47. The van der Waals surface area contributed by atoms with Gasteiger partial charge in [-0.15, -0.1) is 0 Å². The number of carbonyl (C=O) groups excluding carboxylic acids is 2. The molecule has 0 fully saturated rings. The lowest BCUT2D eigenvalue weighted by Crippen LogP contribution is -2.38. The van der Waals surface area contributed by atoms with Gasteiger partial charge in [0.15, 0.2) is 0 Å². The molecule has 2 aromatic heterocycles. The average Bonchev–Trinajstić information content (AvgIpc) is 3.41. The summed E-state index contributed by atoms with van der Waals surface area (Å²) < 4.78 is 52.2.